The van der Waals surface area contributed by atoms with E-state index in [9.17, 15) is 14.0 Å². The standard InChI is InChI=1S/C27H25FN4O4/c1-30-11-13-31(14-12-30)24-10-9-20(15-29-24)19-7-5-18(6-8-19)16-32-17-23(36-27(34)35)26(33)21-3-2-4-22(28)25(21)32/h2-10,15,17H,11-14,16H2,1H3,(H,34,35). The van der Waals surface area contributed by atoms with E-state index in [4.69, 9.17) is 5.11 Å². The van der Waals surface area contributed by atoms with Gasteiger partial charge in [-0.25, -0.2) is 14.2 Å². The molecule has 3 heterocycles. The molecule has 0 radical (unpaired) electrons. The minimum Gasteiger partial charge on any atom is -0.449 e. The van der Waals surface area contributed by atoms with Crippen LogP contribution in [0.5, 0.6) is 5.75 Å². The number of pyridine rings is 2. The third-order valence-electron chi connectivity index (χ3n) is 6.43. The van der Waals surface area contributed by atoms with Crippen molar-refractivity contribution in [3.8, 4) is 16.9 Å². The maximum atomic E-state index is 14.7. The Labute approximate surface area is 206 Å². The Bertz CT molecular complexity index is 1460. The van der Waals surface area contributed by atoms with Gasteiger partial charge in [0.1, 0.15) is 11.6 Å². The monoisotopic (exact) mass is 488 g/mol. The summed E-state index contributed by atoms with van der Waals surface area (Å²) in [6.07, 6.45) is 1.49. The lowest BCUT2D eigenvalue weighted by molar-refractivity contribution is 0.144. The number of aromatic nitrogens is 2. The number of para-hydroxylation sites is 1. The highest BCUT2D eigenvalue weighted by Gasteiger charge is 2.17. The average molecular weight is 489 g/mol. The summed E-state index contributed by atoms with van der Waals surface area (Å²) in [6, 6.07) is 15.9. The van der Waals surface area contributed by atoms with Gasteiger partial charge in [-0.15, -0.1) is 0 Å². The third kappa shape index (κ3) is 4.78. The van der Waals surface area contributed by atoms with Crippen molar-refractivity contribution in [2.75, 3.05) is 38.1 Å². The fourth-order valence-electron chi connectivity index (χ4n) is 4.46. The molecule has 0 unspecified atom stereocenters. The zero-order valence-corrected chi connectivity index (χ0v) is 19.7. The van der Waals surface area contributed by atoms with E-state index in [0.717, 1.165) is 48.7 Å². The molecule has 1 N–H and O–H groups in total. The summed E-state index contributed by atoms with van der Waals surface area (Å²) in [5.74, 6) is 0.0216. The maximum Gasteiger partial charge on any atom is 0.511 e. The molecule has 184 valence electrons. The fraction of sp³-hybridized carbons (Fsp3) is 0.222. The van der Waals surface area contributed by atoms with E-state index in [1.807, 2.05) is 36.5 Å². The van der Waals surface area contributed by atoms with E-state index in [1.54, 1.807) is 0 Å². The molecule has 5 rings (SSSR count). The van der Waals surface area contributed by atoms with Crippen LogP contribution >= 0.6 is 0 Å². The number of nitrogens with zero attached hydrogens (tertiary/aromatic N) is 4. The van der Waals surface area contributed by atoms with Crippen molar-refractivity contribution >= 4 is 22.9 Å². The summed E-state index contributed by atoms with van der Waals surface area (Å²) in [6.45, 7) is 4.16. The normalized spacial score (nSPS) is 14.2. The average Bonchev–Trinajstić information content (AvgIpc) is 2.87. The summed E-state index contributed by atoms with van der Waals surface area (Å²) >= 11 is 0. The highest BCUT2D eigenvalue weighted by Crippen LogP contribution is 2.24. The van der Waals surface area contributed by atoms with Gasteiger partial charge in [-0.3, -0.25) is 4.79 Å². The SMILES string of the molecule is CN1CCN(c2ccc(-c3ccc(Cn4cc(OC(=O)O)c(=O)c5cccc(F)c54)cc3)cn2)CC1. The van der Waals surface area contributed by atoms with Crippen LogP contribution < -0.4 is 15.1 Å². The summed E-state index contributed by atoms with van der Waals surface area (Å²) < 4.78 is 20.8. The van der Waals surface area contributed by atoms with Crippen molar-refractivity contribution in [2.45, 2.75) is 6.54 Å². The highest BCUT2D eigenvalue weighted by atomic mass is 19.1. The topological polar surface area (TPSA) is 87.9 Å². The Morgan fingerprint density at radius 3 is 2.42 bits per heavy atom. The molecule has 1 aliphatic rings. The molecule has 2 aromatic heterocycles. The Hall–Kier alpha value is -4.24. The molecule has 9 heteroatoms. The smallest absolute Gasteiger partial charge is 0.449 e. The number of carbonyl (C=O) groups is 1. The lowest BCUT2D eigenvalue weighted by Crippen LogP contribution is -2.44. The molecule has 2 aromatic carbocycles. The Balaban J connectivity index is 1.39. The van der Waals surface area contributed by atoms with E-state index in [1.165, 1.54) is 29.0 Å². The Morgan fingerprint density at radius 1 is 1.03 bits per heavy atom. The molecule has 1 aliphatic heterocycles. The number of halogens is 1. The molecule has 1 fully saturated rings. The molecule has 0 atom stereocenters. The van der Waals surface area contributed by atoms with Crippen molar-refractivity contribution < 1.29 is 19.0 Å². The number of carboxylic acid groups (broad SMARTS) is 1. The predicted molar refractivity (Wildman–Crippen MR) is 135 cm³/mol. The molecule has 8 nitrogen and oxygen atoms in total. The molecular formula is C27H25FN4O4. The number of ether oxygens (including phenoxy) is 1. The van der Waals surface area contributed by atoms with Crippen LogP contribution in [0.1, 0.15) is 5.56 Å². The van der Waals surface area contributed by atoms with Gasteiger partial charge in [0, 0.05) is 44.5 Å². The summed E-state index contributed by atoms with van der Waals surface area (Å²) in [5, 5.41) is 9.04. The Kier molecular flexibility index (Phi) is 6.39. The Morgan fingerprint density at radius 2 is 1.75 bits per heavy atom. The maximum absolute atomic E-state index is 14.7. The van der Waals surface area contributed by atoms with E-state index in [-0.39, 0.29) is 23.2 Å². The van der Waals surface area contributed by atoms with Gasteiger partial charge >= 0.3 is 6.16 Å². The second-order valence-electron chi connectivity index (χ2n) is 8.85. The number of hydrogen-bond donors (Lipinski definition) is 1. The first-order chi connectivity index (χ1) is 17.4. The first-order valence-electron chi connectivity index (χ1n) is 11.6. The van der Waals surface area contributed by atoms with Gasteiger partial charge in [-0.05, 0) is 42.4 Å². The fourth-order valence-corrected chi connectivity index (χ4v) is 4.46. The number of benzene rings is 2. The van der Waals surface area contributed by atoms with Crippen LogP contribution in [0.4, 0.5) is 15.0 Å². The van der Waals surface area contributed by atoms with Gasteiger partial charge in [-0.1, -0.05) is 30.3 Å². The van der Waals surface area contributed by atoms with Crippen LogP contribution in [0, 0.1) is 5.82 Å². The number of anilines is 1. The zero-order chi connectivity index (χ0) is 25.2. The summed E-state index contributed by atoms with van der Waals surface area (Å²) in [7, 11) is 2.12. The number of piperazine rings is 1. The van der Waals surface area contributed by atoms with Gasteiger partial charge < -0.3 is 24.2 Å². The molecule has 4 aromatic rings. The molecule has 0 bridgehead atoms. The van der Waals surface area contributed by atoms with Crippen molar-refractivity contribution in [1.29, 1.82) is 0 Å². The second kappa shape index (κ2) is 9.79. The predicted octanol–water partition coefficient (Wildman–Crippen LogP) is 4.06. The largest absolute Gasteiger partial charge is 0.511 e. The van der Waals surface area contributed by atoms with Crippen molar-refractivity contribution in [2.24, 2.45) is 0 Å². The van der Waals surface area contributed by atoms with Gasteiger partial charge in [0.2, 0.25) is 5.43 Å². The molecular weight excluding hydrogens is 463 g/mol. The number of hydrogen-bond acceptors (Lipinski definition) is 6. The van der Waals surface area contributed by atoms with Crippen LogP contribution in [0.25, 0.3) is 22.0 Å². The first-order valence-corrected chi connectivity index (χ1v) is 11.6. The van der Waals surface area contributed by atoms with E-state index >= 15 is 0 Å². The van der Waals surface area contributed by atoms with Crippen LogP contribution in [0.15, 0.2) is 71.8 Å². The quantitative estimate of drug-likeness (QED) is 0.424. The summed E-state index contributed by atoms with van der Waals surface area (Å²) in [4.78, 5) is 32.9. The van der Waals surface area contributed by atoms with Crippen molar-refractivity contribution in [3.05, 3.63) is 88.6 Å². The first kappa shape index (κ1) is 23.5. The second-order valence-corrected chi connectivity index (χ2v) is 8.85. The van der Waals surface area contributed by atoms with Crippen LogP contribution in [-0.4, -0.2) is 58.9 Å². The van der Waals surface area contributed by atoms with Gasteiger partial charge in [0.15, 0.2) is 5.75 Å². The van der Waals surface area contributed by atoms with E-state index in [0.29, 0.717) is 0 Å². The van der Waals surface area contributed by atoms with Gasteiger partial charge in [0.05, 0.1) is 17.1 Å². The molecule has 0 aliphatic carbocycles. The lowest BCUT2D eigenvalue weighted by atomic mass is 10.1. The van der Waals surface area contributed by atoms with Crippen LogP contribution in [-0.2, 0) is 6.54 Å². The number of likely N-dealkylation sites (N-methyl/N-ethyl adjacent to an activating group) is 1. The third-order valence-corrected chi connectivity index (χ3v) is 6.43. The lowest BCUT2D eigenvalue weighted by Gasteiger charge is -2.33. The van der Waals surface area contributed by atoms with Gasteiger partial charge in [-0.2, -0.15) is 0 Å². The zero-order valence-electron chi connectivity index (χ0n) is 19.7. The number of rotatable bonds is 5. The molecule has 1 saturated heterocycles. The van der Waals surface area contributed by atoms with Crippen LogP contribution in [0.2, 0.25) is 0 Å². The molecule has 0 saturated carbocycles. The number of fused-ring (bicyclic) bond motifs is 1. The molecule has 0 spiro atoms. The van der Waals surface area contributed by atoms with E-state index in [2.05, 4.69) is 32.6 Å². The van der Waals surface area contributed by atoms with Crippen LogP contribution in [0.3, 0.4) is 0 Å². The minimum absolute atomic E-state index is 0.0527. The van der Waals surface area contributed by atoms with E-state index < -0.39 is 17.4 Å². The molecule has 0 amide bonds. The minimum atomic E-state index is -1.61. The highest BCUT2D eigenvalue weighted by molar-refractivity contribution is 5.81. The summed E-state index contributed by atoms with van der Waals surface area (Å²) in [5.41, 5.74) is 2.23. The van der Waals surface area contributed by atoms with Crippen molar-refractivity contribution in [3.63, 3.8) is 0 Å². The van der Waals surface area contributed by atoms with Gasteiger partial charge in [0.25, 0.3) is 0 Å². The molecule has 36 heavy (non-hydrogen) atoms. The van der Waals surface area contributed by atoms with Crippen molar-refractivity contribution in [1.82, 2.24) is 14.5 Å².